The van der Waals surface area contributed by atoms with Crippen LogP contribution in [0.25, 0.3) is 0 Å². The van der Waals surface area contributed by atoms with Crippen LogP contribution in [0, 0.1) is 5.92 Å². The predicted octanol–water partition coefficient (Wildman–Crippen LogP) is 3.18. The van der Waals surface area contributed by atoms with Crippen molar-refractivity contribution < 1.29 is 0 Å². The summed E-state index contributed by atoms with van der Waals surface area (Å²) in [5, 5.41) is 3.62. The Bertz CT molecular complexity index is 310. The Morgan fingerprint density at radius 1 is 1.35 bits per heavy atom. The van der Waals surface area contributed by atoms with Gasteiger partial charge in [-0.25, -0.2) is 0 Å². The van der Waals surface area contributed by atoms with Gasteiger partial charge in [0, 0.05) is 18.4 Å². The molecule has 1 fully saturated rings. The molecular weight excluding hydrogens is 208 g/mol. The third kappa shape index (κ3) is 4.12. The van der Waals surface area contributed by atoms with Gasteiger partial charge in [-0.15, -0.1) is 0 Å². The van der Waals surface area contributed by atoms with Crippen molar-refractivity contribution in [3.8, 4) is 0 Å². The van der Waals surface area contributed by atoms with Crippen LogP contribution in [-0.4, -0.2) is 17.6 Å². The molecule has 2 unspecified atom stereocenters. The molecule has 2 rings (SSSR count). The Kier molecular flexibility index (Phi) is 4.99. The highest BCUT2D eigenvalue weighted by molar-refractivity contribution is 5.09. The second kappa shape index (κ2) is 6.75. The van der Waals surface area contributed by atoms with E-state index in [4.69, 9.17) is 0 Å². The quantitative estimate of drug-likeness (QED) is 0.806. The summed E-state index contributed by atoms with van der Waals surface area (Å²) in [7, 11) is 0. The lowest BCUT2D eigenvalue weighted by Crippen LogP contribution is -2.30. The van der Waals surface area contributed by atoms with Gasteiger partial charge in [0.15, 0.2) is 0 Å². The lowest BCUT2D eigenvalue weighted by molar-refractivity contribution is 0.389. The van der Waals surface area contributed by atoms with Gasteiger partial charge in [-0.05, 0) is 43.4 Å². The minimum atomic E-state index is 0.740. The zero-order valence-electron chi connectivity index (χ0n) is 10.9. The third-order valence-electron chi connectivity index (χ3n) is 3.77. The molecular formula is C15H24N2. The van der Waals surface area contributed by atoms with Crippen LogP contribution >= 0.6 is 0 Å². The van der Waals surface area contributed by atoms with Gasteiger partial charge in [0.25, 0.3) is 0 Å². The molecule has 2 nitrogen and oxygen atoms in total. The van der Waals surface area contributed by atoms with E-state index in [0.717, 1.165) is 18.5 Å². The molecule has 0 radical (unpaired) electrons. The van der Waals surface area contributed by atoms with Gasteiger partial charge in [0.1, 0.15) is 0 Å². The fourth-order valence-electron chi connectivity index (χ4n) is 2.97. The van der Waals surface area contributed by atoms with E-state index in [0.29, 0.717) is 0 Å². The van der Waals surface area contributed by atoms with E-state index < -0.39 is 0 Å². The van der Waals surface area contributed by atoms with Crippen molar-refractivity contribution >= 4 is 0 Å². The van der Waals surface area contributed by atoms with Crippen molar-refractivity contribution in [1.82, 2.24) is 10.3 Å². The van der Waals surface area contributed by atoms with Crippen LogP contribution in [0.2, 0.25) is 0 Å². The van der Waals surface area contributed by atoms with Crippen molar-refractivity contribution in [1.29, 1.82) is 0 Å². The molecule has 0 aliphatic heterocycles. The van der Waals surface area contributed by atoms with Crippen LogP contribution < -0.4 is 5.32 Å². The molecule has 0 amide bonds. The molecule has 0 aromatic carbocycles. The number of nitrogens with one attached hydrogen (secondary N) is 1. The SMILES string of the molecule is CCNC1CCCCC(Cc2cccnc2)C1. The van der Waals surface area contributed by atoms with Gasteiger partial charge >= 0.3 is 0 Å². The Morgan fingerprint density at radius 3 is 3.00 bits per heavy atom. The van der Waals surface area contributed by atoms with Crippen LogP contribution in [0.3, 0.4) is 0 Å². The minimum Gasteiger partial charge on any atom is -0.314 e. The van der Waals surface area contributed by atoms with Gasteiger partial charge in [-0.2, -0.15) is 0 Å². The molecule has 1 heterocycles. The molecule has 0 saturated heterocycles. The molecule has 94 valence electrons. The fourth-order valence-corrected chi connectivity index (χ4v) is 2.97. The Labute approximate surface area is 105 Å². The van der Waals surface area contributed by atoms with Crippen LogP contribution in [0.4, 0.5) is 0 Å². The number of aromatic nitrogens is 1. The molecule has 1 aliphatic rings. The summed E-state index contributed by atoms with van der Waals surface area (Å²) >= 11 is 0. The molecule has 1 saturated carbocycles. The van der Waals surface area contributed by atoms with Gasteiger partial charge in [-0.1, -0.05) is 32.3 Å². The van der Waals surface area contributed by atoms with Gasteiger partial charge in [-0.3, -0.25) is 4.98 Å². The molecule has 2 heteroatoms. The Morgan fingerprint density at radius 2 is 2.24 bits per heavy atom. The smallest absolute Gasteiger partial charge is 0.0299 e. The lowest BCUT2D eigenvalue weighted by atomic mass is 9.91. The molecule has 1 aromatic rings. The molecule has 1 N–H and O–H groups in total. The van der Waals surface area contributed by atoms with E-state index in [-0.39, 0.29) is 0 Å². The van der Waals surface area contributed by atoms with Gasteiger partial charge in [0.05, 0.1) is 0 Å². The van der Waals surface area contributed by atoms with Gasteiger partial charge in [0.2, 0.25) is 0 Å². The van der Waals surface area contributed by atoms with E-state index in [2.05, 4.69) is 23.3 Å². The topological polar surface area (TPSA) is 24.9 Å². The summed E-state index contributed by atoms with van der Waals surface area (Å²) in [4.78, 5) is 4.21. The van der Waals surface area contributed by atoms with E-state index in [1.165, 1.54) is 44.1 Å². The van der Waals surface area contributed by atoms with Crippen molar-refractivity contribution in [2.45, 2.75) is 51.5 Å². The van der Waals surface area contributed by atoms with Crippen molar-refractivity contribution in [2.75, 3.05) is 6.54 Å². The average molecular weight is 232 g/mol. The standard InChI is InChI=1S/C15H24N2/c1-2-17-15-8-4-3-6-13(11-15)10-14-7-5-9-16-12-14/h5,7,9,12-13,15,17H,2-4,6,8,10-11H2,1H3. The summed E-state index contributed by atoms with van der Waals surface area (Å²) < 4.78 is 0. The second-order valence-electron chi connectivity index (χ2n) is 5.21. The summed E-state index contributed by atoms with van der Waals surface area (Å²) in [5.74, 6) is 0.839. The zero-order valence-corrected chi connectivity index (χ0v) is 10.9. The maximum atomic E-state index is 4.21. The molecule has 1 aromatic heterocycles. The number of hydrogen-bond acceptors (Lipinski definition) is 2. The summed E-state index contributed by atoms with van der Waals surface area (Å²) in [6, 6.07) is 5.00. The first-order chi connectivity index (χ1) is 8.38. The number of pyridine rings is 1. The van der Waals surface area contributed by atoms with E-state index >= 15 is 0 Å². The summed E-state index contributed by atoms with van der Waals surface area (Å²) in [5.41, 5.74) is 1.40. The van der Waals surface area contributed by atoms with Crippen LogP contribution in [-0.2, 0) is 6.42 Å². The monoisotopic (exact) mass is 232 g/mol. The first-order valence-electron chi connectivity index (χ1n) is 7.00. The molecule has 2 atom stereocenters. The number of nitrogens with zero attached hydrogens (tertiary/aromatic N) is 1. The van der Waals surface area contributed by atoms with E-state index in [1.54, 1.807) is 0 Å². The normalized spacial score (nSPS) is 25.5. The van der Waals surface area contributed by atoms with Crippen molar-refractivity contribution in [2.24, 2.45) is 5.92 Å². The van der Waals surface area contributed by atoms with Gasteiger partial charge < -0.3 is 5.32 Å². The maximum absolute atomic E-state index is 4.21. The maximum Gasteiger partial charge on any atom is 0.0299 e. The summed E-state index contributed by atoms with van der Waals surface area (Å²) in [6.45, 7) is 3.31. The van der Waals surface area contributed by atoms with Crippen LogP contribution in [0.5, 0.6) is 0 Å². The largest absolute Gasteiger partial charge is 0.314 e. The highest BCUT2D eigenvalue weighted by Crippen LogP contribution is 2.26. The Hall–Kier alpha value is -0.890. The van der Waals surface area contributed by atoms with Crippen LogP contribution in [0.1, 0.15) is 44.6 Å². The van der Waals surface area contributed by atoms with Crippen LogP contribution in [0.15, 0.2) is 24.5 Å². The average Bonchev–Trinajstić information content (AvgIpc) is 2.56. The number of hydrogen-bond donors (Lipinski definition) is 1. The number of rotatable bonds is 4. The first-order valence-corrected chi connectivity index (χ1v) is 7.00. The molecule has 0 bridgehead atoms. The Balaban J connectivity index is 1.90. The highest BCUT2D eigenvalue weighted by atomic mass is 14.9. The summed E-state index contributed by atoms with van der Waals surface area (Å²) in [6.07, 6.45) is 12.0. The zero-order chi connectivity index (χ0) is 11.9. The molecule has 0 spiro atoms. The first kappa shape index (κ1) is 12.6. The van der Waals surface area contributed by atoms with Crippen molar-refractivity contribution in [3.05, 3.63) is 30.1 Å². The minimum absolute atomic E-state index is 0.740. The predicted molar refractivity (Wildman–Crippen MR) is 72.0 cm³/mol. The van der Waals surface area contributed by atoms with Crippen molar-refractivity contribution in [3.63, 3.8) is 0 Å². The van der Waals surface area contributed by atoms with E-state index in [9.17, 15) is 0 Å². The lowest BCUT2D eigenvalue weighted by Gasteiger charge is -2.20. The third-order valence-corrected chi connectivity index (χ3v) is 3.77. The molecule has 1 aliphatic carbocycles. The second-order valence-corrected chi connectivity index (χ2v) is 5.21. The molecule has 17 heavy (non-hydrogen) atoms. The van der Waals surface area contributed by atoms with E-state index in [1.807, 2.05) is 18.5 Å². The highest BCUT2D eigenvalue weighted by Gasteiger charge is 2.19. The fraction of sp³-hybridized carbons (Fsp3) is 0.667.